The number of nitrogens with zero attached hydrogens (tertiary/aromatic N) is 3. The van der Waals surface area contributed by atoms with Gasteiger partial charge >= 0.3 is 0 Å². The van der Waals surface area contributed by atoms with Crippen molar-refractivity contribution < 1.29 is 4.79 Å². The number of aromatic nitrogens is 3. The molecule has 1 aliphatic rings. The summed E-state index contributed by atoms with van der Waals surface area (Å²) in [5.41, 5.74) is 3.96. The minimum Gasteiger partial charge on any atom is -0.328 e. The average molecular weight is 468 g/mol. The number of allylic oxidation sites excluding steroid dienone is 1. The highest BCUT2D eigenvalue weighted by Gasteiger charge is 2.35. The van der Waals surface area contributed by atoms with Gasteiger partial charge in [-0.25, -0.2) is 4.68 Å². The van der Waals surface area contributed by atoms with E-state index in [1.807, 2.05) is 62.4 Å². The van der Waals surface area contributed by atoms with Crippen molar-refractivity contribution in [1.82, 2.24) is 14.8 Å². The van der Waals surface area contributed by atoms with E-state index in [-0.39, 0.29) is 5.91 Å². The zero-order chi connectivity index (χ0) is 22.7. The molecule has 2 N–H and O–H groups in total. The lowest BCUT2D eigenvalue weighted by Gasteiger charge is -2.29. The maximum Gasteiger partial charge on any atom is 0.255 e. The van der Waals surface area contributed by atoms with E-state index in [2.05, 4.69) is 22.5 Å². The Kier molecular flexibility index (Phi) is 6.86. The van der Waals surface area contributed by atoms with Gasteiger partial charge in [-0.05, 0) is 38.5 Å². The van der Waals surface area contributed by atoms with Crippen LogP contribution in [0.2, 0.25) is 5.02 Å². The molecule has 0 saturated heterocycles. The van der Waals surface area contributed by atoms with Crippen molar-refractivity contribution in [3.63, 3.8) is 0 Å². The molecule has 0 radical (unpaired) electrons. The van der Waals surface area contributed by atoms with Crippen molar-refractivity contribution >= 4 is 40.9 Å². The second-order valence-corrected chi connectivity index (χ2v) is 9.24. The number of anilines is 2. The summed E-state index contributed by atoms with van der Waals surface area (Å²) in [5, 5.41) is 12.3. The number of benzene rings is 2. The fourth-order valence-corrected chi connectivity index (χ4v) is 4.77. The van der Waals surface area contributed by atoms with Crippen molar-refractivity contribution in [3.05, 3.63) is 76.0 Å². The van der Waals surface area contributed by atoms with Crippen LogP contribution in [0, 0.1) is 6.92 Å². The van der Waals surface area contributed by atoms with E-state index in [0.29, 0.717) is 21.7 Å². The number of thioether (sulfide) groups is 1. The quantitative estimate of drug-likeness (QED) is 0.326. The maximum atomic E-state index is 13.5. The number of carbonyl (C=O) groups excluding carboxylic acids is 1. The maximum absolute atomic E-state index is 13.5. The van der Waals surface area contributed by atoms with Gasteiger partial charge in [0, 0.05) is 27.7 Å². The highest BCUT2D eigenvalue weighted by molar-refractivity contribution is 7.99. The molecule has 2 aromatic carbocycles. The Hall–Kier alpha value is -2.77. The van der Waals surface area contributed by atoms with Crippen molar-refractivity contribution in [3.8, 4) is 0 Å². The topological polar surface area (TPSA) is 71.8 Å². The number of fused-ring (bicyclic) bond motifs is 1. The molecule has 0 saturated carbocycles. The van der Waals surface area contributed by atoms with Crippen LogP contribution in [0.1, 0.15) is 43.9 Å². The second-order valence-electron chi connectivity index (χ2n) is 7.77. The number of aryl methyl sites for hydroxylation is 1. The fraction of sp³-hybridized carbons (Fsp3) is 0.292. The van der Waals surface area contributed by atoms with Gasteiger partial charge in [0.1, 0.15) is 6.04 Å². The highest BCUT2D eigenvalue weighted by atomic mass is 35.5. The van der Waals surface area contributed by atoms with Crippen LogP contribution in [-0.4, -0.2) is 26.4 Å². The first-order valence-electron chi connectivity index (χ1n) is 10.7. The number of halogens is 1. The predicted molar refractivity (Wildman–Crippen MR) is 131 cm³/mol. The zero-order valence-corrected chi connectivity index (χ0v) is 19.9. The summed E-state index contributed by atoms with van der Waals surface area (Å²) in [6.45, 7) is 6.06. The standard InChI is InChI=1S/C24H26ClN5OS/c1-4-5-14-32-24-28-23-26-16(3)20(22(31)27-17-12-10-15(2)11-13-17)21(30(23)29-24)18-8-6-7-9-19(18)25/h6-13,21H,4-5,14H2,1-3H3,(H,27,31)(H,26,28,29). The van der Waals surface area contributed by atoms with Gasteiger partial charge in [-0.1, -0.05) is 72.6 Å². The van der Waals surface area contributed by atoms with Crippen LogP contribution in [0.5, 0.6) is 0 Å². The Bertz CT molecular complexity index is 1160. The first kappa shape index (κ1) is 22.4. The molecule has 1 aromatic heterocycles. The first-order valence-corrected chi connectivity index (χ1v) is 12.0. The van der Waals surface area contributed by atoms with Crippen molar-refractivity contribution in [2.75, 3.05) is 16.4 Å². The van der Waals surface area contributed by atoms with Gasteiger partial charge in [-0.15, -0.1) is 5.10 Å². The smallest absolute Gasteiger partial charge is 0.255 e. The molecule has 2 heterocycles. The number of carbonyl (C=O) groups is 1. The summed E-state index contributed by atoms with van der Waals surface area (Å²) in [5.74, 6) is 1.35. The zero-order valence-electron chi connectivity index (χ0n) is 18.4. The lowest BCUT2D eigenvalue weighted by molar-refractivity contribution is -0.113. The lowest BCUT2D eigenvalue weighted by Crippen LogP contribution is -2.31. The molecule has 6 nitrogen and oxygen atoms in total. The Morgan fingerprint density at radius 3 is 2.66 bits per heavy atom. The van der Waals surface area contributed by atoms with E-state index in [4.69, 9.17) is 16.7 Å². The molecule has 8 heteroatoms. The molecule has 0 fully saturated rings. The number of hydrogen-bond donors (Lipinski definition) is 2. The Morgan fingerprint density at radius 1 is 1.19 bits per heavy atom. The van der Waals surface area contributed by atoms with E-state index >= 15 is 0 Å². The summed E-state index contributed by atoms with van der Waals surface area (Å²) < 4.78 is 1.77. The van der Waals surface area contributed by atoms with Crippen LogP contribution < -0.4 is 10.6 Å². The number of amides is 1. The van der Waals surface area contributed by atoms with Crippen molar-refractivity contribution in [1.29, 1.82) is 0 Å². The molecule has 1 atom stereocenters. The SMILES string of the molecule is CCCCSc1nc2n(n1)C(c1ccccc1Cl)C(C(=O)Nc1ccc(C)cc1)=C(C)N2. The number of rotatable bonds is 7. The van der Waals surface area contributed by atoms with Crippen LogP contribution in [-0.2, 0) is 4.79 Å². The molecule has 0 bridgehead atoms. The predicted octanol–water partition coefficient (Wildman–Crippen LogP) is 6.06. The minimum absolute atomic E-state index is 0.204. The third-order valence-electron chi connectivity index (χ3n) is 5.32. The van der Waals surface area contributed by atoms with E-state index in [1.165, 1.54) is 0 Å². The largest absolute Gasteiger partial charge is 0.328 e. The van der Waals surface area contributed by atoms with E-state index in [0.717, 1.165) is 41.1 Å². The molecule has 32 heavy (non-hydrogen) atoms. The van der Waals surface area contributed by atoms with Crippen LogP contribution in [0.15, 0.2) is 65.0 Å². The molecule has 1 aliphatic heterocycles. The van der Waals surface area contributed by atoms with Gasteiger partial charge in [-0.2, -0.15) is 4.98 Å². The van der Waals surface area contributed by atoms with Crippen molar-refractivity contribution in [2.45, 2.75) is 44.8 Å². The molecular weight excluding hydrogens is 442 g/mol. The van der Waals surface area contributed by atoms with Gasteiger partial charge in [0.25, 0.3) is 5.91 Å². The molecular formula is C24H26ClN5OS. The van der Waals surface area contributed by atoms with E-state index in [9.17, 15) is 4.79 Å². The van der Waals surface area contributed by atoms with Gasteiger partial charge < -0.3 is 10.6 Å². The Morgan fingerprint density at radius 2 is 1.94 bits per heavy atom. The summed E-state index contributed by atoms with van der Waals surface area (Å²) in [6, 6.07) is 14.8. The molecule has 0 spiro atoms. The Balaban J connectivity index is 1.73. The van der Waals surface area contributed by atoms with Crippen LogP contribution in [0.3, 0.4) is 0 Å². The minimum atomic E-state index is -0.488. The fourth-order valence-electron chi connectivity index (χ4n) is 3.61. The number of unbranched alkanes of at least 4 members (excludes halogenated alkanes) is 1. The molecule has 3 aromatic rings. The number of hydrogen-bond acceptors (Lipinski definition) is 5. The van der Waals surface area contributed by atoms with Gasteiger partial charge in [0.05, 0.1) is 5.57 Å². The Labute approximate surface area is 197 Å². The summed E-state index contributed by atoms with van der Waals surface area (Å²) >= 11 is 8.21. The summed E-state index contributed by atoms with van der Waals surface area (Å²) in [7, 11) is 0. The molecule has 0 aliphatic carbocycles. The normalized spacial score (nSPS) is 15.3. The molecule has 166 valence electrons. The van der Waals surface area contributed by atoms with Gasteiger partial charge in [0.15, 0.2) is 0 Å². The summed E-state index contributed by atoms with van der Waals surface area (Å²) in [4.78, 5) is 18.1. The van der Waals surface area contributed by atoms with Crippen LogP contribution in [0.4, 0.5) is 11.6 Å². The van der Waals surface area contributed by atoms with Gasteiger partial charge in [0.2, 0.25) is 11.1 Å². The van der Waals surface area contributed by atoms with Crippen LogP contribution in [0.25, 0.3) is 0 Å². The van der Waals surface area contributed by atoms with Crippen LogP contribution >= 0.6 is 23.4 Å². The first-order chi connectivity index (χ1) is 15.5. The van der Waals surface area contributed by atoms with Gasteiger partial charge in [-0.3, -0.25) is 4.79 Å². The lowest BCUT2D eigenvalue weighted by atomic mass is 9.95. The van der Waals surface area contributed by atoms with E-state index in [1.54, 1.807) is 16.4 Å². The highest BCUT2D eigenvalue weighted by Crippen LogP contribution is 2.39. The third-order valence-corrected chi connectivity index (χ3v) is 6.58. The molecule has 1 unspecified atom stereocenters. The van der Waals surface area contributed by atoms with E-state index < -0.39 is 6.04 Å². The average Bonchev–Trinajstić information content (AvgIpc) is 3.17. The number of nitrogens with one attached hydrogen (secondary N) is 2. The summed E-state index contributed by atoms with van der Waals surface area (Å²) in [6.07, 6.45) is 2.21. The molecule has 4 rings (SSSR count). The monoisotopic (exact) mass is 467 g/mol. The second kappa shape index (κ2) is 9.79. The third kappa shape index (κ3) is 4.69. The van der Waals surface area contributed by atoms with Crippen molar-refractivity contribution in [2.24, 2.45) is 0 Å². The molecule has 1 amide bonds.